The standard InChI is InChI=1S/C27H22F6N6/c1-14-19(6-5-7-21(14)26(28,29)30)15(2)36-24-20-11-22(34-13-23(20)38(4)16(3)37-24)17-8-9-39-18(10-17)12-35-25(39)27(31,32)33/h5-13,15H,1-4H3/t15-/m1/s1. The Kier molecular flexibility index (Phi) is 6.23. The summed E-state index contributed by atoms with van der Waals surface area (Å²) in [6.45, 7) is 4.90. The van der Waals surface area contributed by atoms with Crippen LogP contribution in [-0.2, 0) is 19.4 Å². The van der Waals surface area contributed by atoms with E-state index in [2.05, 4.69) is 15.0 Å². The molecule has 5 aromatic rings. The molecule has 0 unspecified atom stereocenters. The molecule has 0 spiro atoms. The lowest BCUT2D eigenvalue weighted by Crippen LogP contribution is -2.18. The zero-order valence-electron chi connectivity index (χ0n) is 21.2. The molecule has 0 bridgehead atoms. The van der Waals surface area contributed by atoms with Gasteiger partial charge >= 0.3 is 12.4 Å². The molecule has 0 fully saturated rings. The lowest BCUT2D eigenvalue weighted by atomic mass is 9.97. The Bertz CT molecular complexity index is 1800. The maximum atomic E-state index is 13.5. The van der Waals surface area contributed by atoms with Gasteiger partial charge in [0.15, 0.2) is 5.49 Å². The summed E-state index contributed by atoms with van der Waals surface area (Å²) in [6, 6.07) is 8.14. The largest absolute Gasteiger partial charge is 0.450 e. The normalized spacial score (nSPS) is 13.9. The van der Waals surface area contributed by atoms with Gasteiger partial charge in [0.1, 0.15) is 5.82 Å². The summed E-state index contributed by atoms with van der Waals surface area (Å²) in [5.41, 5.74) is 2.06. The second kappa shape index (κ2) is 9.21. The average molecular weight is 545 g/mol. The third kappa shape index (κ3) is 4.75. The number of alkyl halides is 6. The Morgan fingerprint density at radius 2 is 1.67 bits per heavy atom. The summed E-state index contributed by atoms with van der Waals surface area (Å²) in [4.78, 5) is 17.3. The number of pyridine rings is 2. The summed E-state index contributed by atoms with van der Waals surface area (Å²) in [7, 11) is 1.80. The minimum atomic E-state index is -4.60. The average Bonchev–Trinajstić information content (AvgIpc) is 3.30. The molecule has 0 radical (unpaired) electrons. The Morgan fingerprint density at radius 1 is 0.923 bits per heavy atom. The van der Waals surface area contributed by atoms with Crippen LogP contribution in [0.25, 0.3) is 27.7 Å². The third-order valence-electron chi connectivity index (χ3n) is 6.77. The predicted molar refractivity (Wildman–Crippen MR) is 133 cm³/mol. The molecular formula is C27H22F6N6. The number of halogens is 6. The van der Waals surface area contributed by atoms with Crippen molar-refractivity contribution in [3.05, 3.63) is 88.8 Å². The first-order valence-electron chi connectivity index (χ1n) is 11.8. The van der Waals surface area contributed by atoms with Gasteiger partial charge in [0.25, 0.3) is 0 Å². The van der Waals surface area contributed by atoms with Crippen molar-refractivity contribution in [1.29, 1.82) is 0 Å². The number of nitrogens with zero attached hydrogens (tertiary/aromatic N) is 6. The molecule has 0 saturated carbocycles. The second-order valence-corrected chi connectivity index (χ2v) is 9.24. The maximum absolute atomic E-state index is 13.5. The van der Waals surface area contributed by atoms with Gasteiger partial charge in [0.2, 0.25) is 5.82 Å². The second-order valence-electron chi connectivity index (χ2n) is 9.24. The molecule has 12 heteroatoms. The van der Waals surface area contributed by atoms with Gasteiger partial charge < -0.3 is 4.57 Å². The summed E-state index contributed by atoms with van der Waals surface area (Å²) in [5, 5.41) is 0.592. The van der Waals surface area contributed by atoms with Gasteiger partial charge in [-0.1, -0.05) is 12.1 Å². The topological polar surface area (TPSA) is 60.4 Å². The van der Waals surface area contributed by atoms with Crippen molar-refractivity contribution < 1.29 is 26.3 Å². The molecule has 5 rings (SSSR count). The monoisotopic (exact) mass is 544 g/mol. The van der Waals surface area contributed by atoms with E-state index in [9.17, 15) is 26.3 Å². The highest BCUT2D eigenvalue weighted by molar-refractivity contribution is 5.82. The molecule has 0 aliphatic rings. The van der Waals surface area contributed by atoms with E-state index in [0.29, 0.717) is 39.0 Å². The van der Waals surface area contributed by atoms with Crippen molar-refractivity contribution >= 4 is 16.4 Å². The van der Waals surface area contributed by atoms with Crippen molar-refractivity contribution in [2.24, 2.45) is 12.0 Å². The highest BCUT2D eigenvalue weighted by Gasteiger charge is 2.36. The van der Waals surface area contributed by atoms with Crippen LogP contribution in [0.1, 0.15) is 41.3 Å². The molecule has 1 aromatic carbocycles. The molecule has 0 aliphatic carbocycles. The molecule has 0 amide bonds. The summed E-state index contributed by atoms with van der Waals surface area (Å²) in [6.07, 6.45) is -5.06. The fourth-order valence-electron chi connectivity index (χ4n) is 4.65. The first kappa shape index (κ1) is 26.4. The van der Waals surface area contributed by atoms with E-state index in [-0.39, 0.29) is 11.1 Å². The maximum Gasteiger partial charge on any atom is 0.450 e. The molecule has 4 heterocycles. The number of imidazole rings is 1. The fourth-order valence-corrected chi connectivity index (χ4v) is 4.65. The first-order valence-corrected chi connectivity index (χ1v) is 11.8. The Morgan fingerprint density at radius 3 is 2.36 bits per heavy atom. The summed E-state index contributed by atoms with van der Waals surface area (Å²) >= 11 is 0. The predicted octanol–water partition coefficient (Wildman–Crippen LogP) is 6.60. The smallest absolute Gasteiger partial charge is 0.331 e. The molecule has 4 aromatic heterocycles. The number of hydrogen-bond acceptors (Lipinski definition) is 4. The molecule has 39 heavy (non-hydrogen) atoms. The van der Waals surface area contributed by atoms with E-state index in [1.165, 1.54) is 25.3 Å². The fraction of sp³-hybridized carbons (Fsp3) is 0.259. The van der Waals surface area contributed by atoms with Gasteiger partial charge in [0, 0.05) is 24.2 Å². The van der Waals surface area contributed by atoms with Crippen molar-refractivity contribution in [3.63, 3.8) is 0 Å². The van der Waals surface area contributed by atoms with Crippen molar-refractivity contribution in [3.8, 4) is 11.3 Å². The first-order chi connectivity index (χ1) is 18.3. The van der Waals surface area contributed by atoms with E-state index in [4.69, 9.17) is 4.99 Å². The van der Waals surface area contributed by atoms with Crippen LogP contribution in [-0.4, -0.2) is 23.9 Å². The highest BCUT2D eigenvalue weighted by atomic mass is 19.4. The van der Waals surface area contributed by atoms with E-state index in [0.717, 1.165) is 16.7 Å². The highest BCUT2D eigenvalue weighted by Crippen LogP contribution is 2.35. The number of aryl methyl sites for hydroxylation is 2. The molecule has 1 atom stereocenters. The van der Waals surface area contributed by atoms with Crippen LogP contribution < -0.4 is 5.49 Å². The molecule has 6 nitrogen and oxygen atoms in total. The van der Waals surface area contributed by atoms with Crippen LogP contribution in [0.15, 0.2) is 60.0 Å². The number of rotatable bonds is 3. The van der Waals surface area contributed by atoms with E-state index >= 15 is 0 Å². The quantitative estimate of drug-likeness (QED) is 0.241. The summed E-state index contributed by atoms with van der Waals surface area (Å²) < 4.78 is 82.9. The Balaban J connectivity index is 1.65. The molecular weight excluding hydrogens is 522 g/mol. The Labute approximate surface area is 218 Å². The van der Waals surface area contributed by atoms with E-state index in [1.54, 1.807) is 49.9 Å². The van der Waals surface area contributed by atoms with Crippen molar-refractivity contribution in [2.45, 2.75) is 39.2 Å². The van der Waals surface area contributed by atoms with Gasteiger partial charge in [-0.3, -0.25) is 14.4 Å². The van der Waals surface area contributed by atoms with Gasteiger partial charge in [-0.2, -0.15) is 26.3 Å². The number of aromatic nitrogens is 5. The Hall–Kier alpha value is -4.22. The van der Waals surface area contributed by atoms with Crippen LogP contribution in [0.2, 0.25) is 0 Å². The summed E-state index contributed by atoms with van der Waals surface area (Å²) in [5.74, 6) is -0.411. The zero-order chi connectivity index (χ0) is 28.3. The number of benzene rings is 1. The van der Waals surface area contributed by atoms with Crippen LogP contribution >= 0.6 is 0 Å². The van der Waals surface area contributed by atoms with Crippen molar-refractivity contribution in [1.82, 2.24) is 23.9 Å². The minimum Gasteiger partial charge on any atom is -0.331 e. The minimum absolute atomic E-state index is 0.0958. The molecule has 0 aliphatic heterocycles. The lowest BCUT2D eigenvalue weighted by Gasteiger charge is -2.16. The number of hydrogen-bond donors (Lipinski definition) is 0. The molecule has 0 N–H and O–H groups in total. The molecule has 202 valence electrons. The van der Waals surface area contributed by atoms with Crippen LogP contribution in [0.4, 0.5) is 26.3 Å². The number of fused-ring (bicyclic) bond motifs is 2. The van der Waals surface area contributed by atoms with Crippen LogP contribution in [0, 0.1) is 13.8 Å². The van der Waals surface area contributed by atoms with Gasteiger partial charge in [-0.25, -0.2) is 9.97 Å². The van der Waals surface area contributed by atoms with E-state index < -0.39 is 29.8 Å². The van der Waals surface area contributed by atoms with Gasteiger partial charge in [0.05, 0.1) is 40.7 Å². The SMILES string of the molecule is Cc1c([C@@H](C)N=c2nc(C)n(C)c3cnc(-c4ccn5c(C(F)(F)F)ncc5c4)cc23)cccc1C(F)(F)F. The van der Waals surface area contributed by atoms with Crippen LogP contribution in [0.5, 0.6) is 0 Å². The van der Waals surface area contributed by atoms with Gasteiger partial charge in [-0.05, 0) is 56.2 Å². The lowest BCUT2D eigenvalue weighted by molar-refractivity contribution is -0.145. The zero-order valence-corrected chi connectivity index (χ0v) is 21.2. The molecule has 0 saturated heterocycles. The van der Waals surface area contributed by atoms with E-state index in [1.807, 2.05) is 0 Å². The van der Waals surface area contributed by atoms with Gasteiger partial charge in [-0.15, -0.1) is 0 Å². The third-order valence-corrected chi connectivity index (χ3v) is 6.77. The van der Waals surface area contributed by atoms with Crippen molar-refractivity contribution in [2.75, 3.05) is 0 Å². The van der Waals surface area contributed by atoms with Crippen LogP contribution in [0.3, 0.4) is 0 Å².